The fourth-order valence-electron chi connectivity index (χ4n) is 2.57. The van der Waals surface area contributed by atoms with E-state index >= 15 is 0 Å². The summed E-state index contributed by atoms with van der Waals surface area (Å²) in [5, 5.41) is 0. The number of hydrogen-bond acceptors (Lipinski definition) is 3. The summed E-state index contributed by atoms with van der Waals surface area (Å²) in [7, 11) is 4.93. The third-order valence-electron chi connectivity index (χ3n) is 4.09. The molecule has 0 aromatic carbocycles. The van der Waals surface area contributed by atoms with Crippen molar-refractivity contribution in [1.29, 1.82) is 0 Å². The lowest BCUT2D eigenvalue weighted by Crippen LogP contribution is -2.64. The molecule has 0 bridgehead atoms. The molecule has 1 saturated heterocycles. The summed E-state index contributed by atoms with van der Waals surface area (Å²) in [6.45, 7) is 3.52. The highest BCUT2D eigenvalue weighted by molar-refractivity contribution is 6.60. The van der Waals surface area contributed by atoms with E-state index in [0.29, 0.717) is 6.04 Å². The van der Waals surface area contributed by atoms with Gasteiger partial charge in [-0.2, -0.15) is 0 Å². The number of rotatable bonds is 5. The lowest BCUT2D eigenvalue weighted by Gasteiger charge is -2.45. The number of nitrogens with zero attached hydrogens (tertiary/aromatic N) is 1. The van der Waals surface area contributed by atoms with Gasteiger partial charge in [-0.15, -0.1) is 0 Å². The highest BCUT2D eigenvalue weighted by Crippen LogP contribution is 2.26. The molecule has 0 amide bonds. The second kappa shape index (κ2) is 5.60. The van der Waals surface area contributed by atoms with E-state index in [2.05, 4.69) is 14.0 Å². The second-order valence-corrected chi connectivity index (χ2v) is 7.91. The molecule has 2 atom stereocenters. The molecule has 0 aromatic heterocycles. The Morgan fingerprint density at radius 2 is 1.69 bits per heavy atom. The van der Waals surface area contributed by atoms with Crippen LogP contribution in [-0.2, 0) is 13.3 Å². The summed E-state index contributed by atoms with van der Waals surface area (Å²) >= 11 is 0. The van der Waals surface area contributed by atoms with E-state index in [1.54, 1.807) is 21.3 Å². The molecule has 4 nitrogen and oxygen atoms in total. The minimum Gasteiger partial charge on any atom is -0.374 e. The summed E-state index contributed by atoms with van der Waals surface area (Å²) in [5.74, 6) is 0. The molecule has 1 aliphatic heterocycles. The van der Waals surface area contributed by atoms with Crippen molar-refractivity contribution in [3.05, 3.63) is 0 Å². The Balaban J connectivity index is 2.75. The van der Waals surface area contributed by atoms with Crippen molar-refractivity contribution in [3.8, 4) is 0 Å². The summed E-state index contributed by atoms with van der Waals surface area (Å²) in [4.78, 5) is 0. The number of hydrogen-bond donors (Lipinski definition) is 0. The van der Waals surface area contributed by atoms with Gasteiger partial charge in [0.15, 0.2) is 0 Å². The van der Waals surface area contributed by atoms with E-state index in [1.807, 2.05) is 0 Å². The van der Waals surface area contributed by atoms with Crippen LogP contribution in [0.25, 0.3) is 0 Å². The molecule has 1 aliphatic rings. The van der Waals surface area contributed by atoms with Crippen LogP contribution >= 0.6 is 0 Å². The highest BCUT2D eigenvalue weighted by Gasteiger charge is 2.49. The SMILES string of the molecule is CO[Si](C[N+]1(C)CCCCC1C)(OC)OC. The topological polar surface area (TPSA) is 27.7 Å². The first-order chi connectivity index (χ1) is 7.52. The molecule has 1 heterocycles. The molecule has 5 heteroatoms. The molecule has 1 fully saturated rings. The summed E-state index contributed by atoms with van der Waals surface area (Å²) in [5.41, 5.74) is 0. The summed E-state index contributed by atoms with van der Waals surface area (Å²) in [6.07, 6.45) is 4.80. The van der Waals surface area contributed by atoms with Gasteiger partial charge in [-0.25, -0.2) is 0 Å². The van der Waals surface area contributed by atoms with Crippen LogP contribution in [-0.4, -0.2) is 60.4 Å². The molecule has 0 radical (unpaired) electrons. The average molecular weight is 248 g/mol. The maximum Gasteiger partial charge on any atom is 0.558 e. The lowest BCUT2D eigenvalue weighted by molar-refractivity contribution is -0.929. The standard InChI is InChI=1S/C11H26NO3Si/c1-11-8-6-7-9-12(11,2)10-16(13-3,14-4)15-5/h11H,6-10H2,1-5H3/q+1. The van der Waals surface area contributed by atoms with Crippen LogP contribution in [0.15, 0.2) is 0 Å². The second-order valence-electron chi connectivity index (χ2n) is 5.00. The first-order valence-corrected chi connectivity index (χ1v) is 7.95. The van der Waals surface area contributed by atoms with Gasteiger partial charge in [0.1, 0.15) is 6.17 Å². The van der Waals surface area contributed by atoms with Gasteiger partial charge in [0, 0.05) is 21.3 Å². The zero-order chi connectivity index (χ0) is 12.2. The van der Waals surface area contributed by atoms with Crippen molar-refractivity contribution in [2.45, 2.75) is 32.2 Å². The average Bonchev–Trinajstić information content (AvgIpc) is 2.31. The summed E-state index contributed by atoms with van der Waals surface area (Å²) < 4.78 is 17.6. The van der Waals surface area contributed by atoms with E-state index in [4.69, 9.17) is 13.3 Å². The van der Waals surface area contributed by atoms with Crippen molar-refractivity contribution in [3.63, 3.8) is 0 Å². The molecule has 0 aromatic rings. The van der Waals surface area contributed by atoms with Crippen LogP contribution in [0.4, 0.5) is 0 Å². The normalized spacial score (nSPS) is 31.7. The minimum atomic E-state index is -2.45. The van der Waals surface area contributed by atoms with Crippen molar-refractivity contribution < 1.29 is 17.8 Å². The van der Waals surface area contributed by atoms with Crippen molar-refractivity contribution >= 4 is 8.80 Å². The smallest absolute Gasteiger partial charge is 0.374 e. The van der Waals surface area contributed by atoms with Crippen LogP contribution in [0.1, 0.15) is 26.2 Å². The van der Waals surface area contributed by atoms with Crippen molar-refractivity contribution in [1.82, 2.24) is 0 Å². The first kappa shape index (κ1) is 14.1. The molecular formula is C11H26NO3Si+. The van der Waals surface area contributed by atoms with Crippen LogP contribution in [0.2, 0.25) is 0 Å². The van der Waals surface area contributed by atoms with E-state index < -0.39 is 8.80 Å². The molecule has 0 aliphatic carbocycles. The highest BCUT2D eigenvalue weighted by atomic mass is 28.4. The van der Waals surface area contributed by atoms with Gasteiger partial charge in [0.05, 0.1) is 19.6 Å². The third-order valence-corrected chi connectivity index (χ3v) is 7.07. The van der Waals surface area contributed by atoms with Gasteiger partial charge < -0.3 is 17.8 Å². The monoisotopic (exact) mass is 248 g/mol. The molecule has 0 spiro atoms. The van der Waals surface area contributed by atoms with E-state index in [9.17, 15) is 0 Å². The van der Waals surface area contributed by atoms with Gasteiger partial charge >= 0.3 is 8.80 Å². The zero-order valence-electron chi connectivity index (χ0n) is 11.3. The molecule has 16 heavy (non-hydrogen) atoms. The van der Waals surface area contributed by atoms with Crippen molar-refractivity contribution in [2.75, 3.05) is 41.1 Å². The maximum atomic E-state index is 5.53. The molecular weight excluding hydrogens is 222 g/mol. The zero-order valence-corrected chi connectivity index (χ0v) is 12.3. The first-order valence-electron chi connectivity index (χ1n) is 6.01. The van der Waals surface area contributed by atoms with Crippen LogP contribution < -0.4 is 0 Å². The van der Waals surface area contributed by atoms with Crippen molar-refractivity contribution in [2.24, 2.45) is 0 Å². The Morgan fingerprint density at radius 1 is 1.12 bits per heavy atom. The van der Waals surface area contributed by atoms with E-state index in [0.717, 1.165) is 10.7 Å². The number of piperidine rings is 1. The number of likely N-dealkylation sites (tertiary alicyclic amines) is 1. The fourth-order valence-corrected chi connectivity index (χ4v) is 4.81. The predicted molar refractivity (Wildman–Crippen MR) is 66.0 cm³/mol. The Bertz CT molecular complexity index is 215. The molecule has 96 valence electrons. The van der Waals surface area contributed by atoms with Gasteiger partial charge in [0.2, 0.25) is 0 Å². The maximum absolute atomic E-state index is 5.53. The Hall–Kier alpha value is 0.0569. The molecule has 2 unspecified atom stereocenters. The minimum absolute atomic E-state index is 0.668. The molecule has 1 rings (SSSR count). The van der Waals surface area contributed by atoms with Gasteiger partial charge in [-0.3, -0.25) is 0 Å². The van der Waals surface area contributed by atoms with Gasteiger partial charge in [0.25, 0.3) is 0 Å². The van der Waals surface area contributed by atoms with Gasteiger partial charge in [-0.1, -0.05) is 0 Å². The van der Waals surface area contributed by atoms with E-state index in [-0.39, 0.29) is 0 Å². The third kappa shape index (κ3) is 2.84. The van der Waals surface area contributed by atoms with Crippen LogP contribution in [0.3, 0.4) is 0 Å². The largest absolute Gasteiger partial charge is 0.558 e. The number of quaternary nitrogens is 1. The Kier molecular flexibility index (Phi) is 4.94. The Labute approximate surface area is 100 Å². The Morgan fingerprint density at radius 3 is 2.12 bits per heavy atom. The quantitative estimate of drug-likeness (QED) is 0.544. The molecule has 0 saturated carbocycles. The van der Waals surface area contributed by atoms with Gasteiger partial charge in [-0.05, 0) is 26.2 Å². The van der Waals surface area contributed by atoms with Crippen LogP contribution in [0, 0.1) is 0 Å². The molecule has 0 N–H and O–H groups in total. The van der Waals surface area contributed by atoms with E-state index in [1.165, 1.54) is 25.8 Å². The lowest BCUT2D eigenvalue weighted by atomic mass is 10.0. The van der Waals surface area contributed by atoms with Crippen LogP contribution in [0.5, 0.6) is 0 Å². The predicted octanol–water partition coefficient (Wildman–Crippen LogP) is 1.42. The summed E-state index contributed by atoms with van der Waals surface area (Å²) in [6, 6.07) is 0.668. The fraction of sp³-hybridized carbons (Fsp3) is 1.00.